The number of amides is 2. The molecular weight excluding hydrogens is 292 g/mol. The molecule has 2 heterocycles. The van der Waals surface area contributed by atoms with Gasteiger partial charge in [-0.2, -0.15) is 0 Å². The smallest absolute Gasteiger partial charge is 0.263 e. The van der Waals surface area contributed by atoms with Crippen LogP contribution >= 0.6 is 11.3 Å². The quantitative estimate of drug-likeness (QED) is 0.823. The summed E-state index contributed by atoms with van der Waals surface area (Å²) in [4.78, 5) is 32.1. The first-order valence-corrected chi connectivity index (χ1v) is 7.84. The van der Waals surface area contributed by atoms with Crippen molar-refractivity contribution in [2.24, 2.45) is 5.92 Å². The Morgan fingerprint density at radius 3 is 3.00 bits per heavy atom. The van der Waals surface area contributed by atoms with E-state index in [0.29, 0.717) is 18.0 Å². The molecule has 6 nitrogen and oxygen atoms in total. The number of nitrogens with zero attached hydrogens (tertiary/aromatic N) is 2. The van der Waals surface area contributed by atoms with Crippen LogP contribution in [0.2, 0.25) is 0 Å². The number of likely N-dealkylation sites (tertiary alicyclic amines) is 1. The molecule has 0 aliphatic carbocycles. The molecule has 1 saturated heterocycles. The van der Waals surface area contributed by atoms with E-state index in [0.717, 1.165) is 12.8 Å². The number of rotatable bonds is 5. The van der Waals surface area contributed by atoms with Gasteiger partial charge in [-0.05, 0) is 24.3 Å². The number of carbonyl (C=O) groups excluding carboxylic acids is 2. The SMILES string of the molecule is CON(CCO)C(=O)[C@@H]1CCCN(C(=O)c2cccs2)C1. The van der Waals surface area contributed by atoms with Crippen molar-refractivity contribution in [1.29, 1.82) is 0 Å². The van der Waals surface area contributed by atoms with Crippen LogP contribution in [0, 0.1) is 5.92 Å². The second kappa shape index (κ2) is 7.53. The molecule has 0 saturated carbocycles. The average Bonchev–Trinajstić information content (AvgIpc) is 3.05. The van der Waals surface area contributed by atoms with E-state index in [4.69, 9.17) is 9.94 Å². The molecule has 1 fully saturated rings. The van der Waals surface area contributed by atoms with Gasteiger partial charge in [-0.3, -0.25) is 14.4 Å². The summed E-state index contributed by atoms with van der Waals surface area (Å²) in [6.07, 6.45) is 1.53. The monoisotopic (exact) mass is 312 g/mol. The first kappa shape index (κ1) is 15.9. The molecule has 0 radical (unpaired) electrons. The van der Waals surface area contributed by atoms with Crippen molar-refractivity contribution < 1.29 is 19.5 Å². The number of hydrogen-bond acceptors (Lipinski definition) is 5. The predicted octanol–water partition coefficient (Wildman–Crippen LogP) is 0.983. The maximum absolute atomic E-state index is 12.3. The maximum Gasteiger partial charge on any atom is 0.263 e. The van der Waals surface area contributed by atoms with Crippen LogP contribution in [0.4, 0.5) is 0 Å². The van der Waals surface area contributed by atoms with Gasteiger partial charge in [0.2, 0.25) is 0 Å². The van der Waals surface area contributed by atoms with E-state index >= 15 is 0 Å². The Labute approximate surface area is 127 Å². The second-order valence-electron chi connectivity index (χ2n) is 4.91. The molecule has 2 amide bonds. The van der Waals surface area contributed by atoms with Crippen molar-refractivity contribution in [2.75, 3.05) is 33.4 Å². The third-order valence-electron chi connectivity index (χ3n) is 3.56. The topological polar surface area (TPSA) is 70.1 Å². The molecule has 1 aromatic heterocycles. The lowest BCUT2D eigenvalue weighted by molar-refractivity contribution is -0.184. The lowest BCUT2D eigenvalue weighted by Crippen LogP contribution is -2.47. The van der Waals surface area contributed by atoms with Crippen LogP contribution in [0.5, 0.6) is 0 Å². The van der Waals surface area contributed by atoms with Gasteiger partial charge in [-0.15, -0.1) is 11.3 Å². The number of aliphatic hydroxyl groups is 1. The van der Waals surface area contributed by atoms with E-state index in [1.165, 1.54) is 23.5 Å². The molecule has 0 unspecified atom stereocenters. The summed E-state index contributed by atoms with van der Waals surface area (Å²) in [5.74, 6) is -0.460. The lowest BCUT2D eigenvalue weighted by atomic mass is 9.97. The zero-order chi connectivity index (χ0) is 15.2. The van der Waals surface area contributed by atoms with Crippen molar-refractivity contribution in [2.45, 2.75) is 12.8 Å². The Bertz CT molecular complexity index is 477. The summed E-state index contributed by atoms with van der Waals surface area (Å²) in [6.45, 7) is 1.07. The molecule has 1 N–H and O–H groups in total. The third-order valence-corrected chi connectivity index (χ3v) is 4.42. The highest BCUT2D eigenvalue weighted by Crippen LogP contribution is 2.22. The first-order chi connectivity index (χ1) is 10.2. The van der Waals surface area contributed by atoms with Gasteiger partial charge >= 0.3 is 0 Å². The zero-order valence-electron chi connectivity index (χ0n) is 12.0. The van der Waals surface area contributed by atoms with Crippen molar-refractivity contribution >= 4 is 23.2 Å². The fourth-order valence-corrected chi connectivity index (χ4v) is 3.20. The molecule has 0 bridgehead atoms. The van der Waals surface area contributed by atoms with E-state index in [1.807, 2.05) is 11.4 Å². The van der Waals surface area contributed by atoms with Gasteiger partial charge in [-0.1, -0.05) is 6.07 Å². The highest BCUT2D eigenvalue weighted by atomic mass is 32.1. The largest absolute Gasteiger partial charge is 0.394 e. The minimum atomic E-state index is -0.269. The number of piperidine rings is 1. The maximum atomic E-state index is 12.3. The molecule has 21 heavy (non-hydrogen) atoms. The van der Waals surface area contributed by atoms with Gasteiger partial charge in [-0.25, -0.2) is 5.06 Å². The summed E-state index contributed by atoms with van der Waals surface area (Å²) >= 11 is 1.41. The summed E-state index contributed by atoms with van der Waals surface area (Å²) in [7, 11) is 1.41. The Hall–Kier alpha value is -1.44. The Kier molecular flexibility index (Phi) is 5.72. The van der Waals surface area contributed by atoms with Crippen LogP contribution in [-0.2, 0) is 9.63 Å². The van der Waals surface area contributed by atoms with E-state index in [-0.39, 0.29) is 30.9 Å². The summed E-state index contributed by atoms with van der Waals surface area (Å²) in [5.41, 5.74) is 0. The van der Waals surface area contributed by atoms with Crippen LogP contribution in [-0.4, -0.2) is 60.2 Å². The summed E-state index contributed by atoms with van der Waals surface area (Å²) < 4.78 is 0. The Balaban J connectivity index is 2.00. The van der Waals surface area contributed by atoms with Crippen molar-refractivity contribution in [1.82, 2.24) is 9.96 Å². The molecule has 1 aliphatic rings. The number of hydroxylamine groups is 2. The molecule has 1 aliphatic heterocycles. The van der Waals surface area contributed by atoms with E-state index in [1.54, 1.807) is 11.0 Å². The van der Waals surface area contributed by atoms with Gasteiger partial charge in [0.15, 0.2) is 0 Å². The average molecular weight is 312 g/mol. The minimum Gasteiger partial charge on any atom is -0.394 e. The van der Waals surface area contributed by atoms with Gasteiger partial charge in [0, 0.05) is 13.1 Å². The van der Waals surface area contributed by atoms with E-state index < -0.39 is 0 Å². The zero-order valence-corrected chi connectivity index (χ0v) is 12.8. The number of hydrogen-bond donors (Lipinski definition) is 1. The van der Waals surface area contributed by atoms with Gasteiger partial charge in [0.1, 0.15) is 0 Å². The predicted molar refractivity (Wildman–Crippen MR) is 78.8 cm³/mol. The summed E-state index contributed by atoms with van der Waals surface area (Å²) in [6, 6.07) is 3.64. The van der Waals surface area contributed by atoms with Crippen LogP contribution < -0.4 is 0 Å². The number of carbonyl (C=O) groups is 2. The molecule has 7 heteroatoms. The fourth-order valence-electron chi connectivity index (χ4n) is 2.51. The molecule has 0 aromatic carbocycles. The van der Waals surface area contributed by atoms with Gasteiger partial charge < -0.3 is 10.0 Å². The van der Waals surface area contributed by atoms with Crippen LogP contribution in [0.3, 0.4) is 0 Å². The third kappa shape index (κ3) is 3.81. The molecule has 2 rings (SSSR count). The molecule has 1 atom stereocenters. The molecule has 0 spiro atoms. The molecule has 116 valence electrons. The van der Waals surface area contributed by atoms with Crippen molar-refractivity contribution in [3.63, 3.8) is 0 Å². The lowest BCUT2D eigenvalue weighted by Gasteiger charge is -2.33. The fraction of sp³-hybridized carbons (Fsp3) is 0.571. The standard InChI is InChI=1S/C14H20N2O4S/c1-20-16(7-8-17)13(18)11-4-2-6-15(10-11)14(19)12-5-3-9-21-12/h3,5,9,11,17H,2,4,6-8,10H2,1H3/t11-/m1/s1. The highest BCUT2D eigenvalue weighted by molar-refractivity contribution is 7.12. The van der Waals surface area contributed by atoms with E-state index in [9.17, 15) is 9.59 Å². The summed E-state index contributed by atoms with van der Waals surface area (Å²) in [5, 5.41) is 12.0. The van der Waals surface area contributed by atoms with Crippen LogP contribution in [0.15, 0.2) is 17.5 Å². The minimum absolute atomic E-state index is 0.0198. The highest BCUT2D eigenvalue weighted by Gasteiger charge is 2.32. The number of thiophene rings is 1. The molecule has 1 aromatic rings. The Morgan fingerprint density at radius 2 is 2.38 bits per heavy atom. The van der Waals surface area contributed by atoms with Gasteiger partial charge in [0.05, 0.1) is 31.1 Å². The van der Waals surface area contributed by atoms with Crippen LogP contribution in [0.1, 0.15) is 22.5 Å². The Morgan fingerprint density at radius 1 is 1.57 bits per heavy atom. The van der Waals surface area contributed by atoms with Gasteiger partial charge in [0.25, 0.3) is 11.8 Å². The van der Waals surface area contributed by atoms with E-state index in [2.05, 4.69) is 0 Å². The van der Waals surface area contributed by atoms with Crippen molar-refractivity contribution in [3.8, 4) is 0 Å². The molecular formula is C14H20N2O4S. The second-order valence-corrected chi connectivity index (χ2v) is 5.86. The normalized spacial score (nSPS) is 18.6. The number of aliphatic hydroxyl groups excluding tert-OH is 1. The van der Waals surface area contributed by atoms with Crippen LogP contribution in [0.25, 0.3) is 0 Å². The first-order valence-electron chi connectivity index (χ1n) is 6.96. The van der Waals surface area contributed by atoms with Crippen molar-refractivity contribution in [3.05, 3.63) is 22.4 Å².